The van der Waals surface area contributed by atoms with Gasteiger partial charge in [0.05, 0.1) is 25.6 Å². The van der Waals surface area contributed by atoms with Crippen LogP contribution in [0.25, 0.3) is 11.0 Å². The molecule has 1 N–H and O–H groups in total. The molecule has 3 heterocycles. The summed E-state index contributed by atoms with van der Waals surface area (Å²) in [5, 5.41) is 8.68. The average molecular weight is 505 g/mol. The van der Waals surface area contributed by atoms with Crippen LogP contribution < -0.4 is 15.6 Å². The highest BCUT2D eigenvalue weighted by Gasteiger charge is 2.15. The van der Waals surface area contributed by atoms with Crippen molar-refractivity contribution in [1.82, 2.24) is 24.3 Å². The minimum absolute atomic E-state index is 0.0354. The standard InChI is InChI=1S/C26H22ClFN6O2/c1-36-22-10-9-21(27)19(24(22)28)12-29-25-20-15-34(32-26(20)31-16-30-25)14-18-7-5-17(6-8-18)13-33-11-3-2-4-23(33)35/h2-11,15-16H,12-14H2,1H3,(H,29,30,31,32). The van der Waals surface area contributed by atoms with Gasteiger partial charge in [-0.25, -0.2) is 14.4 Å². The number of methoxy groups -OCH3 is 1. The average Bonchev–Trinajstić information content (AvgIpc) is 3.30. The third-order valence-electron chi connectivity index (χ3n) is 5.79. The molecular formula is C26H22ClFN6O2. The van der Waals surface area contributed by atoms with Crippen LogP contribution >= 0.6 is 11.6 Å². The SMILES string of the molecule is COc1ccc(Cl)c(CNc2ncnc3nn(Cc4ccc(Cn5ccccc5=O)cc4)cc23)c1F. The van der Waals surface area contributed by atoms with Gasteiger partial charge in [0.25, 0.3) is 5.56 Å². The molecule has 3 aromatic heterocycles. The second-order valence-electron chi connectivity index (χ2n) is 8.17. The molecule has 0 aliphatic heterocycles. The molecule has 0 saturated heterocycles. The number of nitrogens with one attached hydrogen (secondary N) is 1. The molecular weight excluding hydrogens is 483 g/mol. The number of ether oxygens (including phenoxy) is 1. The highest BCUT2D eigenvalue weighted by atomic mass is 35.5. The van der Waals surface area contributed by atoms with Gasteiger partial charge in [0.15, 0.2) is 17.2 Å². The lowest BCUT2D eigenvalue weighted by Crippen LogP contribution is -2.18. The summed E-state index contributed by atoms with van der Waals surface area (Å²) in [6, 6.07) is 16.2. The minimum Gasteiger partial charge on any atom is -0.494 e. The van der Waals surface area contributed by atoms with Crippen molar-refractivity contribution in [3.63, 3.8) is 0 Å². The third kappa shape index (κ3) is 4.92. The Balaban J connectivity index is 1.31. The van der Waals surface area contributed by atoms with Crippen LogP contribution in [0.5, 0.6) is 5.75 Å². The van der Waals surface area contributed by atoms with Gasteiger partial charge >= 0.3 is 0 Å². The Morgan fingerprint density at radius 2 is 1.81 bits per heavy atom. The molecule has 182 valence electrons. The van der Waals surface area contributed by atoms with Gasteiger partial charge in [-0.15, -0.1) is 0 Å². The van der Waals surface area contributed by atoms with Gasteiger partial charge < -0.3 is 14.6 Å². The molecule has 5 aromatic rings. The van der Waals surface area contributed by atoms with Gasteiger partial charge in [0.2, 0.25) is 0 Å². The van der Waals surface area contributed by atoms with Crippen LogP contribution in [0.3, 0.4) is 0 Å². The Morgan fingerprint density at radius 1 is 1.03 bits per heavy atom. The number of aromatic nitrogens is 5. The number of hydrogen-bond donors (Lipinski definition) is 1. The van der Waals surface area contributed by atoms with Crippen molar-refractivity contribution in [1.29, 1.82) is 0 Å². The van der Waals surface area contributed by atoms with Gasteiger partial charge in [0.1, 0.15) is 12.1 Å². The van der Waals surface area contributed by atoms with Gasteiger partial charge in [-0.2, -0.15) is 5.10 Å². The van der Waals surface area contributed by atoms with Crippen molar-refractivity contribution < 1.29 is 9.13 Å². The molecule has 8 nitrogen and oxygen atoms in total. The molecule has 0 fully saturated rings. The normalized spacial score (nSPS) is 11.1. The fourth-order valence-corrected chi connectivity index (χ4v) is 4.11. The number of halogens is 2. The molecule has 0 saturated carbocycles. The van der Waals surface area contributed by atoms with E-state index in [4.69, 9.17) is 16.3 Å². The van der Waals surface area contributed by atoms with Crippen molar-refractivity contribution in [3.05, 3.63) is 111 Å². The first kappa shape index (κ1) is 23.5. The number of fused-ring (bicyclic) bond motifs is 1. The summed E-state index contributed by atoms with van der Waals surface area (Å²) >= 11 is 6.20. The quantitative estimate of drug-likeness (QED) is 0.335. The Hall–Kier alpha value is -4.24. The maximum Gasteiger partial charge on any atom is 0.250 e. The lowest BCUT2D eigenvalue weighted by Gasteiger charge is -2.11. The number of benzene rings is 2. The summed E-state index contributed by atoms with van der Waals surface area (Å²) in [5.74, 6) is 0.131. The van der Waals surface area contributed by atoms with E-state index in [-0.39, 0.29) is 23.4 Å². The predicted octanol–water partition coefficient (Wildman–Crippen LogP) is 4.50. The predicted molar refractivity (Wildman–Crippen MR) is 136 cm³/mol. The minimum atomic E-state index is -0.515. The Bertz CT molecular complexity index is 1580. The second-order valence-corrected chi connectivity index (χ2v) is 8.57. The topological polar surface area (TPSA) is 86.9 Å². The number of anilines is 1. The largest absolute Gasteiger partial charge is 0.494 e. The summed E-state index contributed by atoms with van der Waals surface area (Å²) in [5.41, 5.74) is 2.84. The summed E-state index contributed by atoms with van der Waals surface area (Å²) in [6.07, 6.45) is 5.03. The molecule has 5 rings (SSSR count). The molecule has 0 spiro atoms. The monoisotopic (exact) mass is 504 g/mol. The van der Waals surface area contributed by atoms with Crippen molar-refractivity contribution in [2.24, 2.45) is 0 Å². The zero-order valence-electron chi connectivity index (χ0n) is 19.4. The highest BCUT2D eigenvalue weighted by molar-refractivity contribution is 6.31. The first-order valence-corrected chi connectivity index (χ1v) is 11.6. The van der Waals surface area contributed by atoms with Crippen molar-refractivity contribution in [3.8, 4) is 5.75 Å². The van der Waals surface area contributed by atoms with E-state index in [1.807, 2.05) is 36.5 Å². The zero-order chi connectivity index (χ0) is 25.1. The summed E-state index contributed by atoms with van der Waals surface area (Å²) in [6.45, 7) is 1.15. The fourth-order valence-electron chi connectivity index (χ4n) is 3.90. The first-order chi connectivity index (χ1) is 17.5. The van der Waals surface area contributed by atoms with Crippen LogP contribution in [-0.2, 0) is 19.6 Å². The van der Waals surface area contributed by atoms with Crippen LogP contribution in [0.1, 0.15) is 16.7 Å². The Morgan fingerprint density at radius 3 is 2.56 bits per heavy atom. The van der Waals surface area contributed by atoms with Gasteiger partial charge in [0, 0.05) is 35.6 Å². The Labute approximate surface area is 211 Å². The third-order valence-corrected chi connectivity index (χ3v) is 6.14. The van der Waals surface area contributed by atoms with E-state index in [1.165, 1.54) is 19.5 Å². The number of pyridine rings is 1. The van der Waals surface area contributed by atoms with Crippen LogP contribution in [-0.4, -0.2) is 31.4 Å². The van der Waals surface area contributed by atoms with Crippen LogP contribution in [0.15, 0.2) is 78.1 Å². The maximum atomic E-state index is 14.7. The molecule has 10 heteroatoms. The van der Waals surface area contributed by atoms with E-state index in [0.717, 1.165) is 11.1 Å². The number of nitrogens with zero attached hydrogens (tertiary/aromatic N) is 5. The maximum absolute atomic E-state index is 14.7. The van der Waals surface area contributed by atoms with Crippen molar-refractivity contribution >= 4 is 28.5 Å². The van der Waals surface area contributed by atoms with E-state index in [1.54, 1.807) is 33.6 Å². The molecule has 0 aliphatic carbocycles. The van der Waals surface area contributed by atoms with E-state index in [2.05, 4.69) is 20.4 Å². The Kier molecular flexibility index (Phi) is 6.64. The summed E-state index contributed by atoms with van der Waals surface area (Å²) in [4.78, 5) is 20.5. The second kappa shape index (κ2) is 10.2. The van der Waals surface area contributed by atoms with E-state index in [9.17, 15) is 9.18 Å². The highest BCUT2D eigenvalue weighted by Crippen LogP contribution is 2.28. The molecule has 0 radical (unpaired) electrons. The lowest BCUT2D eigenvalue weighted by atomic mass is 10.1. The van der Waals surface area contributed by atoms with E-state index >= 15 is 0 Å². The fraction of sp³-hybridized carbons (Fsp3) is 0.154. The number of rotatable bonds is 8. The van der Waals surface area contributed by atoms with E-state index < -0.39 is 5.82 Å². The molecule has 0 bridgehead atoms. The molecule has 36 heavy (non-hydrogen) atoms. The summed E-state index contributed by atoms with van der Waals surface area (Å²) in [7, 11) is 1.41. The molecule has 0 unspecified atom stereocenters. The van der Waals surface area contributed by atoms with Gasteiger partial charge in [-0.3, -0.25) is 9.48 Å². The zero-order valence-corrected chi connectivity index (χ0v) is 20.1. The summed E-state index contributed by atoms with van der Waals surface area (Å²) < 4.78 is 23.1. The van der Waals surface area contributed by atoms with Crippen molar-refractivity contribution in [2.75, 3.05) is 12.4 Å². The van der Waals surface area contributed by atoms with Gasteiger partial charge in [-0.1, -0.05) is 41.9 Å². The van der Waals surface area contributed by atoms with Crippen LogP contribution in [0, 0.1) is 5.82 Å². The van der Waals surface area contributed by atoms with E-state index in [0.29, 0.717) is 35.0 Å². The lowest BCUT2D eigenvalue weighted by molar-refractivity contribution is 0.384. The number of hydrogen-bond acceptors (Lipinski definition) is 6. The molecule has 0 aliphatic rings. The van der Waals surface area contributed by atoms with Crippen molar-refractivity contribution in [2.45, 2.75) is 19.6 Å². The van der Waals surface area contributed by atoms with Crippen LogP contribution in [0.4, 0.5) is 10.2 Å². The van der Waals surface area contributed by atoms with Gasteiger partial charge in [-0.05, 0) is 29.3 Å². The smallest absolute Gasteiger partial charge is 0.250 e. The molecule has 0 amide bonds. The molecule has 2 aromatic carbocycles. The molecule has 0 atom stereocenters. The van der Waals surface area contributed by atoms with Crippen LogP contribution in [0.2, 0.25) is 5.02 Å². The first-order valence-electron chi connectivity index (χ1n) is 11.2.